The lowest BCUT2D eigenvalue weighted by molar-refractivity contribution is 0.0655. The third kappa shape index (κ3) is 4.29. The maximum absolute atomic E-state index is 12.8. The number of amides is 1. The molecule has 2 saturated heterocycles. The Morgan fingerprint density at radius 2 is 2.17 bits per heavy atom. The molecule has 0 N–H and O–H groups in total. The summed E-state index contributed by atoms with van der Waals surface area (Å²) in [6, 6.07) is 2.25. The average Bonchev–Trinajstić information content (AvgIpc) is 2.96. The van der Waals surface area contributed by atoms with Gasteiger partial charge < -0.3 is 9.64 Å². The Morgan fingerprint density at radius 3 is 2.96 bits per heavy atom. The minimum Gasteiger partial charge on any atom is -0.381 e. The fourth-order valence-electron chi connectivity index (χ4n) is 3.43. The molecule has 0 bridgehead atoms. The zero-order valence-electron chi connectivity index (χ0n) is 13.9. The number of hydrogen-bond donors (Lipinski definition) is 0. The van der Waals surface area contributed by atoms with E-state index >= 15 is 0 Å². The van der Waals surface area contributed by atoms with Crippen molar-refractivity contribution in [1.82, 2.24) is 14.7 Å². The third-order valence-electron chi connectivity index (χ3n) is 4.71. The van der Waals surface area contributed by atoms with Gasteiger partial charge in [0.2, 0.25) is 0 Å². The first-order chi connectivity index (χ1) is 11.3. The molecule has 1 aromatic rings. The van der Waals surface area contributed by atoms with E-state index in [9.17, 15) is 4.79 Å². The van der Waals surface area contributed by atoms with Crippen LogP contribution in [0.2, 0.25) is 0 Å². The van der Waals surface area contributed by atoms with Gasteiger partial charge in [-0.1, -0.05) is 13.3 Å². The lowest BCUT2D eigenvalue weighted by Crippen LogP contribution is -2.36. The standard InChI is InChI=1S/C17H27N3O2S/c1-2-23-15-5-3-4-9-19(13-15)17(21)16-6-10-20(18-16)14-7-11-22-12-8-14/h6,10,14-15H,2-5,7-9,11-13H2,1H3. The van der Waals surface area contributed by atoms with Crippen LogP contribution in [0.1, 0.15) is 55.6 Å². The van der Waals surface area contributed by atoms with Crippen molar-refractivity contribution in [2.24, 2.45) is 0 Å². The van der Waals surface area contributed by atoms with Crippen LogP contribution < -0.4 is 0 Å². The van der Waals surface area contributed by atoms with Gasteiger partial charge in [0.05, 0.1) is 6.04 Å². The number of aromatic nitrogens is 2. The molecule has 5 nitrogen and oxygen atoms in total. The number of nitrogens with zero attached hydrogens (tertiary/aromatic N) is 3. The number of carbonyl (C=O) groups is 1. The van der Waals surface area contributed by atoms with Gasteiger partial charge in [-0.3, -0.25) is 9.48 Å². The summed E-state index contributed by atoms with van der Waals surface area (Å²) in [4.78, 5) is 14.8. The third-order valence-corrected chi connectivity index (χ3v) is 5.90. The van der Waals surface area contributed by atoms with E-state index in [1.165, 1.54) is 12.8 Å². The van der Waals surface area contributed by atoms with Crippen LogP contribution in [0.25, 0.3) is 0 Å². The molecule has 3 heterocycles. The maximum Gasteiger partial charge on any atom is 0.274 e. The monoisotopic (exact) mass is 337 g/mol. The van der Waals surface area contributed by atoms with Crippen molar-refractivity contribution in [3.63, 3.8) is 0 Å². The van der Waals surface area contributed by atoms with E-state index in [2.05, 4.69) is 12.0 Å². The minimum absolute atomic E-state index is 0.0967. The molecule has 1 unspecified atom stereocenters. The van der Waals surface area contributed by atoms with Gasteiger partial charge in [0, 0.05) is 37.8 Å². The molecule has 23 heavy (non-hydrogen) atoms. The summed E-state index contributed by atoms with van der Waals surface area (Å²) in [6.07, 6.45) is 7.46. The van der Waals surface area contributed by atoms with E-state index in [1.807, 2.05) is 33.6 Å². The quantitative estimate of drug-likeness (QED) is 0.847. The van der Waals surface area contributed by atoms with Crippen LogP contribution in [0.3, 0.4) is 0 Å². The molecular formula is C17H27N3O2S. The molecule has 2 aliphatic rings. The second-order valence-electron chi connectivity index (χ2n) is 6.35. The van der Waals surface area contributed by atoms with Crippen LogP contribution in [-0.2, 0) is 4.74 Å². The maximum atomic E-state index is 12.8. The van der Waals surface area contributed by atoms with Crippen molar-refractivity contribution in [3.05, 3.63) is 18.0 Å². The van der Waals surface area contributed by atoms with Crippen molar-refractivity contribution in [2.45, 2.75) is 50.3 Å². The number of thioether (sulfide) groups is 1. The van der Waals surface area contributed by atoms with Crippen LogP contribution in [0.4, 0.5) is 0 Å². The van der Waals surface area contributed by atoms with E-state index < -0.39 is 0 Å². The first kappa shape index (κ1) is 16.8. The summed E-state index contributed by atoms with van der Waals surface area (Å²) in [5, 5.41) is 5.15. The Bertz CT molecular complexity index is 514. The van der Waals surface area contributed by atoms with Crippen LogP contribution in [0.5, 0.6) is 0 Å². The summed E-state index contributed by atoms with van der Waals surface area (Å²) in [6.45, 7) is 5.49. The lowest BCUT2D eigenvalue weighted by Gasteiger charge is -2.24. The normalized spacial score (nSPS) is 23.7. The van der Waals surface area contributed by atoms with Gasteiger partial charge in [-0.05, 0) is 37.5 Å². The Labute approximate surface area is 142 Å². The van der Waals surface area contributed by atoms with E-state index in [0.29, 0.717) is 17.0 Å². The minimum atomic E-state index is 0.0967. The highest BCUT2D eigenvalue weighted by Crippen LogP contribution is 2.24. The van der Waals surface area contributed by atoms with E-state index in [1.54, 1.807) is 0 Å². The van der Waals surface area contributed by atoms with Crippen LogP contribution in [-0.4, -0.2) is 57.9 Å². The lowest BCUT2D eigenvalue weighted by atomic mass is 10.1. The van der Waals surface area contributed by atoms with Crippen molar-refractivity contribution < 1.29 is 9.53 Å². The van der Waals surface area contributed by atoms with Gasteiger partial charge in [-0.25, -0.2) is 0 Å². The highest BCUT2D eigenvalue weighted by molar-refractivity contribution is 7.99. The number of carbonyl (C=O) groups excluding carboxylic acids is 1. The predicted molar refractivity (Wildman–Crippen MR) is 93.0 cm³/mol. The second kappa shape index (κ2) is 8.20. The van der Waals surface area contributed by atoms with E-state index in [-0.39, 0.29) is 5.91 Å². The van der Waals surface area contributed by atoms with Gasteiger partial charge in [-0.15, -0.1) is 0 Å². The zero-order chi connectivity index (χ0) is 16.1. The first-order valence-electron chi connectivity index (χ1n) is 8.81. The van der Waals surface area contributed by atoms with Gasteiger partial charge in [0.25, 0.3) is 5.91 Å². The Hall–Kier alpha value is -1.01. The first-order valence-corrected chi connectivity index (χ1v) is 9.86. The Balaban J connectivity index is 1.65. The van der Waals surface area contributed by atoms with Gasteiger partial charge in [0.1, 0.15) is 5.69 Å². The highest BCUT2D eigenvalue weighted by Gasteiger charge is 2.25. The average molecular weight is 337 g/mol. The fraction of sp³-hybridized carbons (Fsp3) is 0.765. The molecular weight excluding hydrogens is 310 g/mol. The van der Waals surface area contributed by atoms with Crippen molar-refractivity contribution in [2.75, 3.05) is 32.1 Å². The molecule has 2 fully saturated rings. The second-order valence-corrected chi connectivity index (χ2v) is 7.93. The molecule has 0 radical (unpaired) electrons. The van der Waals surface area contributed by atoms with E-state index in [0.717, 1.165) is 51.3 Å². The van der Waals surface area contributed by atoms with Crippen molar-refractivity contribution >= 4 is 17.7 Å². The zero-order valence-corrected chi connectivity index (χ0v) is 14.8. The molecule has 0 aliphatic carbocycles. The Morgan fingerprint density at radius 1 is 1.35 bits per heavy atom. The molecule has 1 atom stereocenters. The van der Waals surface area contributed by atoms with Crippen molar-refractivity contribution in [3.8, 4) is 0 Å². The molecule has 1 aromatic heterocycles. The molecule has 6 heteroatoms. The number of ether oxygens (including phenoxy) is 1. The Kier molecular flexibility index (Phi) is 6.00. The summed E-state index contributed by atoms with van der Waals surface area (Å²) in [7, 11) is 0. The van der Waals surface area contributed by atoms with Crippen LogP contribution in [0.15, 0.2) is 12.3 Å². The molecule has 3 rings (SSSR count). The molecule has 0 aromatic carbocycles. The largest absolute Gasteiger partial charge is 0.381 e. The van der Waals surface area contributed by atoms with Crippen molar-refractivity contribution in [1.29, 1.82) is 0 Å². The smallest absolute Gasteiger partial charge is 0.274 e. The molecule has 1 amide bonds. The predicted octanol–water partition coefficient (Wildman–Crippen LogP) is 2.98. The summed E-state index contributed by atoms with van der Waals surface area (Å²) in [5.74, 6) is 1.21. The number of likely N-dealkylation sites (tertiary alicyclic amines) is 1. The van der Waals surface area contributed by atoms with Gasteiger partial charge >= 0.3 is 0 Å². The van der Waals surface area contributed by atoms with E-state index in [4.69, 9.17) is 4.74 Å². The fourth-order valence-corrected chi connectivity index (χ4v) is 4.52. The summed E-state index contributed by atoms with van der Waals surface area (Å²) >= 11 is 1.98. The molecule has 128 valence electrons. The molecule has 0 spiro atoms. The highest BCUT2D eigenvalue weighted by atomic mass is 32.2. The number of hydrogen-bond acceptors (Lipinski definition) is 4. The van der Waals surface area contributed by atoms with Crippen LogP contribution >= 0.6 is 11.8 Å². The molecule has 0 saturated carbocycles. The topological polar surface area (TPSA) is 47.4 Å². The summed E-state index contributed by atoms with van der Waals surface area (Å²) < 4.78 is 7.36. The van der Waals surface area contributed by atoms with Crippen LogP contribution in [0, 0.1) is 0 Å². The number of rotatable bonds is 4. The van der Waals surface area contributed by atoms with Gasteiger partial charge in [0.15, 0.2) is 0 Å². The summed E-state index contributed by atoms with van der Waals surface area (Å²) in [5.41, 5.74) is 0.596. The molecule has 2 aliphatic heterocycles. The SMILES string of the molecule is CCSC1CCCCN(C(=O)c2ccn(C3CCOCC3)n2)C1. The van der Waals surface area contributed by atoms with Gasteiger partial charge in [-0.2, -0.15) is 16.9 Å².